The number of anilines is 4. The van der Waals surface area contributed by atoms with E-state index in [2.05, 4.69) is 0 Å². The predicted molar refractivity (Wildman–Crippen MR) is 186 cm³/mol. The number of hydrogen-bond donors (Lipinski definition) is 10. The van der Waals surface area contributed by atoms with Crippen molar-refractivity contribution >= 4 is 46.6 Å². The number of hydrogen-bond acceptors (Lipinski definition) is 10. The summed E-state index contributed by atoms with van der Waals surface area (Å²) < 4.78 is 0. The molecule has 0 heterocycles. The van der Waals surface area contributed by atoms with Crippen LogP contribution in [0.5, 0.6) is 0 Å². The van der Waals surface area contributed by atoms with Crippen molar-refractivity contribution in [2.45, 2.75) is 39.9 Å². The van der Waals surface area contributed by atoms with Crippen LogP contribution in [0.2, 0.25) is 0 Å². The molecule has 0 amide bonds. The summed E-state index contributed by atoms with van der Waals surface area (Å²) in [6, 6.07) is 24.2. The van der Waals surface area contributed by atoms with Crippen LogP contribution in [0.3, 0.4) is 0 Å². The van der Waals surface area contributed by atoms with Gasteiger partial charge in [0.05, 0.1) is 22.3 Å². The molecule has 0 aliphatic heterocycles. The molecule has 0 aliphatic rings. The number of nitrogens with two attached hydrogens (primary N) is 4. The number of aliphatic hydroxyl groups is 2. The zero-order chi connectivity index (χ0) is 37.4. The Hall–Kier alpha value is -5.41. The van der Waals surface area contributed by atoms with Crippen LogP contribution in [0.15, 0.2) is 97.1 Å². The molecular formula is C34H44N4O10Ti. The molecule has 14 nitrogen and oxygen atoms in total. The van der Waals surface area contributed by atoms with Crippen molar-refractivity contribution in [1.29, 1.82) is 0 Å². The molecule has 0 radical (unpaired) electrons. The standard InChI is InChI=1S/4C7H7NO2.2C3H8O.Ti/c4*8-6-3-1-5(2-4-6)7(9)10;2*1-3(2)4;/h4*1-4H,8H2,(H,9,10);2*3-4H,1-2H3;. The third-order valence-electron chi connectivity index (χ3n) is 4.63. The molecule has 0 saturated heterocycles. The van der Waals surface area contributed by atoms with Gasteiger partial charge in [-0.2, -0.15) is 0 Å². The summed E-state index contributed by atoms with van der Waals surface area (Å²) in [6.45, 7) is 6.89. The van der Waals surface area contributed by atoms with Crippen LogP contribution in [0.25, 0.3) is 0 Å². The average molecular weight is 717 g/mol. The molecule has 0 aliphatic carbocycles. The molecular weight excluding hydrogens is 672 g/mol. The summed E-state index contributed by atoms with van der Waals surface area (Å²) in [5.74, 6) is -3.72. The van der Waals surface area contributed by atoms with Crippen molar-refractivity contribution in [3.8, 4) is 0 Å². The Morgan fingerprint density at radius 1 is 0.388 bits per heavy atom. The number of aromatic carboxylic acids is 4. The van der Waals surface area contributed by atoms with Gasteiger partial charge in [0, 0.05) is 56.7 Å². The first-order valence-corrected chi connectivity index (χ1v) is 14.0. The number of aliphatic hydroxyl groups excluding tert-OH is 2. The second kappa shape index (κ2) is 26.6. The van der Waals surface area contributed by atoms with Crippen molar-refractivity contribution in [1.82, 2.24) is 0 Å². The van der Waals surface area contributed by atoms with Gasteiger partial charge in [-0.05, 0) is 125 Å². The molecule has 0 bridgehead atoms. The van der Waals surface area contributed by atoms with E-state index in [1.807, 2.05) is 0 Å². The summed E-state index contributed by atoms with van der Waals surface area (Å²) in [5, 5.41) is 49.9. The second-order valence-corrected chi connectivity index (χ2v) is 9.90. The molecule has 4 aromatic carbocycles. The SMILES string of the molecule is CC(C)O.CC(C)O.Nc1ccc(C(=O)O)cc1.Nc1ccc(C(=O)O)cc1.Nc1ccc(C(=O)O)cc1.Nc1ccc(C(=O)O)cc1.[Ti]. The molecule has 49 heavy (non-hydrogen) atoms. The third kappa shape index (κ3) is 27.4. The number of carboxylic acids is 4. The smallest absolute Gasteiger partial charge is 0.335 e. The van der Waals surface area contributed by atoms with Crippen LogP contribution in [0, 0.1) is 0 Å². The van der Waals surface area contributed by atoms with E-state index in [-0.39, 0.29) is 56.2 Å². The first kappa shape index (κ1) is 48.0. The number of carbonyl (C=O) groups is 4. The maximum absolute atomic E-state index is 10.3. The fourth-order valence-corrected chi connectivity index (χ4v) is 2.50. The van der Waals surface area contributed by atoms with Crippen LogP contribution in [0.4, 0.5) is 22.7 Å². The van der Waals surface area contributed by atoms with E-state index < -0.39 is 23.9 Å². The van der Waals surface area contributed by atoms with Gasteiger partial charge < -0.3 is 53.6 Å². The summed E-state index contributed by atoms with van der Waals surface area (Å²) >= 11 is 0. The number of carboxylic acid groups (broad SMARTS) is 4. The van der Waals surface area contributed by atoms with E-state index in [4.69, 9.17) is 53.6 Å². The number of benzene rings is 4. The van der Waals surface area contributed by atoms with Gasteiger partial charge in [0.2, 0.25) is 0 Å². The van der Waals surface area contributed by atoms with Crippen LogP contribution < -0.4 is 22.9 Å². The van der Waals surface area contributed by atoms with Gasteiger partial charge in [-0.1, -0.05) is 0 Å². The Balaban J connectivity index is -0.000000533. The largest absolute Gasteiger partial charge is 0.478 e. The van der Waals surface area contributed by atoms with Crippen LogP contribution in [-0.4, -0.2) is 66.7 Å². The van der Waals surface area contributed by atoms with E-state index in [1.165, 1.54) is 48.5 Å². The van der Waals surface area contributed by atoms with Crippen LogP contribution in [0.1, 0.15) is 69.1 Å². The van der Waals surface area contributed by atoms with E-state index in [0.29, 0.717) is 22.7 Å². The fourth-order valence-electron chi connectivity index (χ4n) is 2.50. The van der Waals surface area contributed by atoms with Crippen LogP contribution >= 0.6 is 0 Å². The molecule has 0 aromatic heterocycles. The molecule has 0 atom stereocenters. The average Bonchev–Trinajstić information content (AvgIpc) is 2.98. The minimum atomic E-state index is -0.931. The topological polar surface area (TPSA) is 294 Å². The molecule has 14 N–H and O–H groups in total. The second-order valence-electron chi connectivity index (χ2n) is 9.90. The van der Waals surface area contributed by atoms with Gasteiger partial charge in [0.25, 0.3) is 0 Å². The minimum absolute atomic E-state index is 0. The molecule has 0 unspecified atom stereocenters. The number of rotatable bonds is 4. The van der Waals surface area contributed by atoms with Crippen molar-refractivity contribution in [2.24, 2.45) is 0 Å². The quantitative estimate of drug-likeness (QED) is 0.102. The Morgan fingerprint density at radius 3 is 0.571 bits per heavy atom. The Kier molecular flexibility index (Phi) is 26.1. The van der Waals surface area contributed by atoms with Crippen molar-refractivity contribution in [2.75, 3.05) is 22.9 Å². The predicted octanol–water partition coefficient (Wildman–Crippen LogP) is 4.64. The Labute approximate surface area is 299 Å². The zero-order valence-electron chi connectivity index (χ0n) is 27.5. The van der Waals surface area contributed by atoms with E-state index in [0.717, 1.165) is 0 Å². The van der Waals surface area contributed by atoms with Crippen molar-refractivity contribution < 1.29 is 71.5 Å². The van der Waals surface area contributed by atoms with E-state index in [9.17, 15) is 19.2 Å². The summed E-state index contributed by atoms with van der Waals surface area (Å²) in [5.41, 5.74) is 24.7. The fraction of sp³-hybridized carbons (Fsp3) is 0.176. The van der Waals surface area contributed by atoms with Gasteiger partial charge in [-0.25, -0.2) is 19.2 Å². The van der Waals surface area contributed by atoms with E-state index >= 15 is 0 Å². The molecule has 4 rings (SSSR count). The summed E-state index contributed by atoms with van der Waals surface area (Å²) in [7, 11) is 0. The van der Waals surface area contributed by atoms with Gasteiger partial charge in [-0.15, -0.1) is 0 Å². The monoisotopic (exact) mass is 716 g/mol. The molecule has 264 valence electrons. The van der Waals surface area contributed by atoms with Crippen LogP contribution in [-0.2, 0) is 21.7 Å². The molecule has 0 spiro atoms. The Bertz CT molecular complexity index is 1280. The van der Waals surface area contributed by atoms with E-state index in [1.54, 1.807) is 76.2 Å². The van der Waals surface area contributed by atoms with Gasteiger partial charge in [-0.3, -0.25) is 0 Å². The maximum Gasteiger partial charge on any atom is 0.335 e. The molecule has 4 aromatic rings. The maximum atomic E-state index is 10.3. The van der Waals surface area contributed by atoms with Gasteiger partial charge in [0.15, 0.2) is 0 Å². The zero-order valence-corrected chi connectivity index (χ0v) is 29.1. The summed E-state index contributed by atoms with van der Waals surface area (Å²) in [4.78, 5) is 41.1. The van der Waals surface area contributed by atoms with Gasteiger partial charge >= 0.3 is 23.9 Å². The van der Waals surface area contributed by atoms with Crippen molar-refractivity contribution in [3.05, 3.63) is 119 Å². The Morgan fingerprint density at radius 2 is 0.490 bits per heavy atom. The molecule has 0 saturated carbocycles. The number of nitrogen functional groups attached to an aromatic ring is 4. The summed E-state index contributed by atoms with van der Waals surface area (Å²) in [6.07, 6.45) is -0.333. The molecule has 15 heteroatoms. The first-order valence-electron chi connectivity index (χ1n) is 14.0. The first-order chi connectivity index (χ1) is 22.3. The van der Waals surface area contributed by atoms with Crippen molar-refractivity contribution in [3.63, 3.8) is 0 Å². The third-order valence-corrected chi connectivity index (χ3v) is 4.63. The molecule has 0 fully saturated rings. The normalized spacial score (nSPS) is 8.98. The van der Waals surface area contributed by atoms with Gasteiger partial charge in [0.1, 0.15) is 0 Å². The minimum Gasteiger partial charge on any atom is -0.478 e.